The number of rotatable bonds is 6. The minimum absolute atomic E-state index is 0.308. The molecule has 0 unspecified atom stereocenters. The Morgan fingerprint density at radius 3 is 2.63 bits per heavy atom. The number of H-pyrrole nitrogens is 1. The van der Waals surface area contributed by atoms with Crippen LogP contribution in [0.3, 0.4) is 0 Å². The maximum atomic E-state index is 12.5. The normalized spacial score (nSPS) is 11.2. The SMILES string of the molecule is CS(=O)(=O)Nc1cccc(C(=O)Nc2ccc(Oc3cccc4[nH]ccc34)nc2)c1. The number of aromatic amines is 1. The number of ether oxygens (including phenoxy) is 1. The van der Waals surface area contributed by atoms with Crippen molar-refractivity contribution >= 4 is 38.2 Å². The molecule has 2 aromatic carbocycles. The Hall–Kier alpha value is -3.85. The molecule has 3 N–H and O–H groups in total. The van der Waals surface area contributed by atoms with Gasteiger partial charge in [-0.25, -0.2) is 13.4 Å². The molecule has 0 bridgehead atoms. The van der Waals surface area contributed by atoms with Crippen LogP contribution in [0.25, 0.3) is 10.9 Å². The van der Waals surface area contributed by atoms with E-state index >= 15 is 0 Å². The van der Waals surface area contributed by atoms with Crippen molar-refractivity contribution in [2.75, 3.05) is 16.3 Å². The van der Waals surface area contributed by atoms with Gasteiger partial charge in [-0.05, 0) is 42.5 Å². The van der Waals surface area contributed by atoms with Crippen molar-refractivity contribution in [3.05, 3.63) is 78.6 Å². The number of sulfonamides is 1. The van der Waals surface area contributed by atoms with Crippen molar-refractivity contribution in [1.82, 2.24) is 9.97 Å². The topological polar surface area (TPSA) is 113 Å². The van der Waals surface area contributed by atoms with Gasteiger partial charge < -0.3 is 15.0 Å². The molecule has 30 heavy (non-hydrogen) atoms. The number of anilines is 2. The Bertz CT molecular complexity index is 1310. The molecule has 0 atom stereocenters. The highest BCUT2D eigenvalue weighted by Crippen LogP contribution is 2.28. The summed E-state index contributed by atoms with van der Waals surface area (Å²) in [4.78, 5) is 19.8. The Balaban J connectivity index is 1.45. The highest BCUT2D eigenvalue weighted by molar-refractivity contribution is 7.92. The molecule has 0 saturated carbocycles. The maximum absolute atomic E-state index is 12.5. The average Bonchev–Trinajstić information content (AvgIpc) is 3.18. The molecular weight excluding hydrogens is 404 g/mol. The van der Waals surface area contributed by atoms with Gasteiger partial charge in [0.1, 0.15) is 5.75 Å². The molecule has 4 aromatic rings. The second-order valence-corrected chi connectivity index (χ2v) is 8.34. The van der Waals surface area contributed by atoms with Crippen molar-refractivity contribution in [3.63, 3.8) is 0 Å². The largest absolute Gasteiger partial charge is 0.438 e. The van der Waals surface area contributed by atoms with Gasteiger partial charge in [0.15, 0.2) is 0 Å². The van der Waals surface area contributed by atoms with Gasteiger partial charge in [-0.1, -0.05) is 12.1 Å². The summed E-state index contributed by atoms with van der Waals surface area (Å²) >= 11 is 0. The fourth-order valence-electron chi connectivity index (χ4n) is 2.91. The fourth-order valence-corrected chi connectivity index (χ4v) is 3.47. The smallest absolute Gasteiger partial charge is 0.255 e. The van der Waals surface area contributed by atoms with Gasteiger partial charge in [0, 0.05) is 34.4 Å². The summed E-state index contributed by atoms with van der Waals surface area (Å²) in [5.74, 6) is 0.675. The molecule has 0 aliphatic carbocycles. The van der Waals surface area contributed by atoms with Gasteiger partial charge in [-0.15, -0.1) is 0 Å². The van der Waals surface area contributed by atoms with Crippen molar-refractivity contribution in [3.8, 4) is 11.6 Å². The third-order valence-electron chi connectivity index (χ3n) is 4.19. The zero-order valence-corrected chi connectivity index (χ0v) is 16.7. The number of benzene rings is 2. The van der Waals surface area contributed by atoms with E-state index < -0.39 is 10.0 Å². The van der Waals surface area contributed by atoms with Crippen molar-refractivity contribution in [2.45, 2.75) is 0 Å². The first-order valence-corrected chi connectivity index (χ1v) is 10.9. The quantitative estimate of drug-likeness (QED) is 0.435. The summed E-state index contributed by atoms with van der Waals surface area (Å²) in [7, 11) is -3.43. The maximum Gasteiger partial charge on any atom is 0.255 e. The van der Waals surface area contributed by atoms with Gasteiger partial charge >= 0.3 is 0 Å². The third-order valence-corrected chi connectivity index (χ3v) is 4.80. The number of fused-ring (bicyclic) bond motifs is 1. The Morgan fingerprint density at radius 1 is 1.03 bits per heavy atom. The first kappa shape index (κ1) is 19.5. The van der Waals surface area contributed by atoms with E-state index in [1.165, 1.54) is 12.3 Å². The summed E-state index contributed by atoms with van der Waals surface area (Å²) in [6.45, 7) is 0. The van der Waals surface area contributed by atoms with Crippen LogP contribution in [0, 0.1) is 0 Å². The Labute approximate surface area is 173 Å². The minimum Gasteiger partial charge on any atom is -0.438 e. The zero-order valence-electron chi connectivity index (χ0n) is 15.9. The van der Waals surface area contributed by atoms with Gasteiger partial charge in [0.25, 0.3) is 5.91 Å². The molecule has 1 amide bonds. The van der Waals surface area contributed by atoms with E-state index in [4.69, 9.17) is 4.74 Å². The molecule has 0 fully saturated rings. The van der Waals surface area contributed by atoms with Crippen LogP contribution in [-0.2, 0) is 10.0 Å². The summed E-state index contributed by atoms with van der Waals surface area (Å²) in [6, 6.07) is 17.2. The van der Waals surface area contributed by atoms with Crippen molar-refractivity contribution in [1.29, 1.82) is 0 Å². The molecule has 2 aromatic heterocycles. The van der Waals surface area contributed by atoms with E-state index in [0.717, 1.165) is 17.2 Å². The highest BCUT2D eigenvalue weighted by Gasteiger charge is 2.10. The average molecular weight is 422 g/mol. The number of carbonyl (C=O) groups excluding carboxylic acids is 1. The van der Waals surface area contributed by atoms with E-state index in [1.807, 2.05) is 30.5 Å². The predicted octanol–water partition coefficient (Wildman–Crippen LogP) is 3.98. The predicted molar refractivity (Wildman–Crippen MR) is 115 cm³/mol. The fraction of sp³-hybridized carbons (Fsp3) is 0.0476. The lowest BCUT2D eigenvalue weighted by molar-refractivity contribution is 0.102. The van der Waals surface area contributed by atoms with Crippen LogP contribution in [0.1, 0.15) is 10.4 Å². The monoisotopic (exact) mass is 422 g/mol. The molecule has 2 heterocycles. The lowest BCUT2D eigenvalue weighted by Gasteiger charge is -2.09. The molecule has 0 spiro atoms. The molecule has 0 aliphatic rings. The Kier molecular flexibility index (Phi) is 5.11. The highest BCUT2D eigenvalue weighted by atomic mass is 32.2. The van der Waals surface area contributed by atoms with Gasteiger partial charge in [-0.2, -0.15) is 0 Å². The molecule has 8 nitrogen and oxygen atoms in total. The number of carbonyl (C=O) groups is 1. The van der Waals surface area contributed by atoms with Crippen molar-refractivity contribution in [2.24, 2.45) is 0 Å². The number of hydrogen-bond acceptors (Lipinski definition) is 5. The van der Waals surface area contributed by atoms with E-state index in [0.29, 0.717) is 28.6 Å². The molecule has 152 valence electrons. The lowest BCUT2D eigenvalue weighted by atomic mass is 10.2. The van der Waals surface area contributed by atoms with Crippen LogP contribution >= 0.6 is 0 Å². The van der Waals surface area contributed by atoms with Crippen LogP contribution in [0.4, 0.5) is 11.4 Å². The minimum atomic E-state index is -3.43. The summed E-state index contributed by atoms with van der Waals surface area (Å²) in [5, 5.41) is 3.67. The number of amides is 1. The van der Waals surface area contributed by atoms with Gasteiger partial charge in [0.2, 0.25) is 15.9 Å². The zero-order chi connectivity index (χ0) is 21.1. The summed E-state index contributed by atoms with van der Waals surface area (Å²) in [6.07, 6.45) is 4.37. The van der Waals surface area contributed by atoms with E-state index in [-0.39, 0.29) is 5.91 Å². The van der Waals surface area contributed by atoms with E-state index in [1.54, 1.807) is 30.3 Å². The number of aromatic nitrogens is 2. The Morgan fingerprint density at radius 2 is 1.87 bits per heavy atom. The van der Waals surface area contributed by atoms with Gasteiger partial charge in [0.05, 0.1) is 18.1 Å². The molecule has 0 radical (unpaired) electrons. The van der Waals surface area contributed by atoms with Crippen LogP contribution < -0.4 is 14.8 Å². The standard InChI is InChI=1S/C21H18N4O4S/c1-30(27,28)25-15-5-2-4-14(12-15)21(26)24-16-8-9-20(23-13-16)29-19-7-3-6-18-17(19)10-11-22-18/h2-13,22,25H,1H3,(H,24,26). The number of pyridine rings is 1. The number of nitrogens with one attached hydrogen (secondary N) is 3. The second kappa shape index (κ2) is 7.88. The van der Waals surface area contributed by atoms with Crippen LogP contribution in [-0.4, -0.2) is 30.5 Å². The molecule has 0 saturated heterocycles. The molecular formula is C21H18N4O4S. The van der Waals surface area contributed by atoms with Crippen LogP contribution in [0.2, 0.25) is 0 Å². The van der Waals surface area contributed by atoms with Crippen molar-refractivity contribution < 1.29 is 17.9 Å². The summed E-state index contributed by atoms with van der Waals surface area (Å²) < 4.78 is 30.9. The van der Waals surface area contributed by atoms with Crippen LogP contribution in [0.5, 0.6) is 11.6 Å². The third kappa shape index (κ3) is 4.58. The molecule has 4 rings (SSSR count). The summed E-state index contributed by atoms with van der Waals surface area (Å²) in [5.41, 5.74) is 2.06. The number of hydrogen-bond donors (Lipinski definition) is 3. The van der Waals surface area contributed by atoms with E-state index in [2.05, 4.69) is 20.0 Å². The first-order valence-electron chi connectivity index (χ1n) is 8.97. The van der Waals surface area contributed by atoms with Crippen LogP contribution in [0.15, 0.2) is 73.1 Å². The van der Waals surface area contributed by atoms with Gasteiger partial charge in [-0.3, -0.25) is 9.52 Å². The molecule has 9 heteroatoms. The second-order valence-electron chi connectivity index (χ2n) is 6.59. The lowest BCUT2D eigenvalue weighted by Crippen LogP contribution is -2.14. The first-order chi connectivity index (χ1) is 14.4. The number of nitrogens with zero attached hydrogens (tertiary/aromatic N) is 1. The molecule has 0 aliphatic heterocycles. The van der Waals surface area contributed by atoms with E-state index in [9.17, 15) is 13.2 Å².